The fraction of sp³-hybridized carbons (Fsp3) is 0.448. The van der Waals surface area contributed by atoms with Crippen molar-refractivity contribution >= 4 is 11.9 Å². The van der Waals surface area contributed by atoms with Gasteiger partial charge in [-0.05, 0) is 78.7 Å². The fourth-order valence-electron chi connectivity index (χ4n) is 5.78. The Labute approximate surface area is 196 Å². The number of benzene rings is 2. The molecule has 0 fully saturated rings. The van der Waals surface area contributed by atoms with E-state index in [1.54, 1.807) is 12.1 Å². The highest BCUT2D eigenvalue weighted by Gasteiger charge is 2.50. The van der Waals surface area contributed by atoms with E-state index in [2.05, 4.69) is 52.0 Å². The maximum atomic E-state index is 13.5. The molecule has 4 rings (SSSR count). The van der Waals surface area contributed by atoms with E-state index in [0.29, 0.717) is 5.75 Å². The minimum Gasteiger partial charge on any atom is -0.478 e. The standard InChI is InChI=1S/C29H34O4/c1-28(2)16-17-29(3,4)25-22(15-10-19-8-6-5-7-9-19)23(18-24(25)28)27(32)33-21-13-11-20(12-14-21)26(30)31/h5-9,11-14,22-23H,10,15-18H2,1-4H3,(H,30,31). The molecule has 4 heteroatoms. The van der Waals surface area contributed by atoms with Gasteiger partial charge in [0.25, 0.3) is 0 Å². The van der Waals surface area contributed by atoms with Crippen molar-refractivity contribution in [3.63, 3.8) is 0 Å². The minimum absolute atomic E-state index is 0.0738. The Hall–Kier alpha value is -2.88. The Morgan fingerprint density at radius 3 is 2.21 bits per heavy atom. The van der Waals surface area contributed by atoms with Crippen LogP contribution in [0.2, 0.25) is 0 Å². The number of allylic oxidation sites excluding steroid dienone is 2. The van der Waals surface area contributed by atoms with E-state index in [1.165, 1.54) is 28.8 Å². The monoisotopic (exact) mass is 446 g/mol. The van der Waals surface area contributed by atoms with Crippen LogP contribution >= 0.6 is 0 Å². The van der Waals surface area contributed by atoms with E-state index >= 15 is 0 Å². The number of ether oxygens (including phenoxy) is 1. The fourth-order valence-corrected chi connectivity index (χ4v) is 5.78. The van der Waals surface area contributed by atoms with Gasteiger partial charge in [-0.25, -0.2) is 4.79 Å². The van der Waals surface area contributed by atoms with Crippen molar-refractivity contribution in [3.8, 4) is 5.75 Å². The molecule has 33 heavy (non-hydrogen) atoms. The zero-order valence-corrected chi connectivity index (χ0v) is 20.1. The summed E-state index contributed by atoms with van der Waals surface area (Å²) in [7, 11) is 0. The summed E-state index contributed by atoms with van der Waals surface area (Å²) in [6.07, 6.45) is 4.84. The van der Waals surface area contributed by atoms with Crippen molar-refractivity contribution in [2.24, 2.45) is 22.7 Å². The minimum atomic E-state index is -0.994. The van der Waals surface area contributed by atoms with Crippen LogP contribution in [0.4, 0.5) is 0 Å². The molecule has 174 valence electrons. The number of carboxylic acids is 1. The zero-order valence-electron chi connectivity index (χ0n) is 20.1. The van der Waals surface area contributed by atoms with Crippen LogP contribution in [0.25, 0.3) is 0 Å². The lowest BCUT2D eigenvalue weighted by molar-refractivity contribution is -0.140. The van der Waals surface area contributed by atoms with Gasteiger partial charge in [-0.3, -0.25) is 4.79 Å². The second kappa shape index (κ2) is 8.81. The van der Waals surface area contributed by atoms with Crippen molar-refractivity contribution in [2.75, 3.05) is 0 Å². The van der Waals surface area contributed by atoms with Crippen LogP contribution in [0.15, 0.2) is 65.7 Å². The van der Waals surface area contributed by atoms with Crippen LogP contribution in [0.1, 0.15) is 69.3 Å². The maximum Gasteiger partial charge on any atom is 0.335 e. The molecule has 2 aromatic rings. The Morgan fingerprint density at radius 2 is 1.58 bits per heavy atom. The summed E-state index contributed by atoms with van der Waals surface area (Å²) < 4.78 is 5.80. The van der Waals surface area contributed by atoms with Crippen LogP contribution in [0.5, 0.6) is 5.75 Å². The summed E-state index contributed by atoms with van der Waals surface area (Å²) in [4.78, 5) is 24.6. The molecular formula is C29H34O4. The lowest BCUT2D eigenvalue weighted by atomic mass is 9.62. The molecule has 0 heterocycles. The van der Waals surface area contributed by atoms with Gasteiger partial charge in [0.15, 0.2) is 0 Å². The summed E-state index contributed by atoms with van der Waals surface area (Å²) in [6, 6.07) is 16.5. The number of aryl methyl sites for hydroxylation is 1. The third-order valence-corrected chi connectivity index (χ3v) is 7.74. The largest absolute Gasteiger partial charge is 0.478 e. The molecule has 2 aliphatic carbocycles. The topological polar surface area (TPSA) is 63.6 Å². The van der Waals surface area contributed by atoms with Gasteiger partial charge in [0.05, 0.1) is 11.5 Å². The molecule has 0 amide bonds. The van der Waals surface area contributed by atoms with Crippen molar-refractivity contribution < 1.29 is 19.4 Å². The molecule has 2 unspecified atom stereocenters. The zero-order chi connectivity index (χ0) is 23.8. The summed E-state index contributed by atoms with van der Waals surface area (Å²) in [6.45, 7) is 9.27. The van der Waals surface area contributed by atoms with E-state index in [-0.39, 0.29) is 34.2 Å². The number of esters is 1. The number of carbonyl (C=O) groups is 2. The van der Waals surface area contributed by atoms with E-state index in [4.69, 9.17) is 9.84 Å². The van der Waals surface area contributed by atoms with Crippen LogP contribution < -0.4 is 4.74 Å². The van der Waals surface area contributed by atoms with Gasteiger partial charge in [0.1, 0.15) is 5.75 Å². The maximum absolute atomic E-state index is 13.5. The Morgan fingerprint density at radius 1 is 0.939 bits per heavy atom. The quantitative estimate of drug-likeness (QED) is 0.305. The predicted octanol–water partition coefficient (Wildman–Crippen LogP) is 6.70. The second-order valence-corrected chi connectivity index (χ2v) is 10.9. The van der Waals surface area contributed by atoms with Crippen molar-refractivity contribution in [2.45, 2.75) is 59.8 Å². The highest BCUT2D eigenvalue weighted by molar-refractivity contribution is 5.87. The Kier molecular flexibility index (Phi) is 6.22. The summed E-state index contributed by atoms with van der Waals surface area (Å²) in [5, 5.41) is 9.12. The van der Waals surface area contributed by atoms with Gasteiger partial charge in [-0.15, -0.1) is 0 Å². The van der Waals surface area contributed by atoms with Gasteiger partial charge < -0.3 is 9.84 Å². The molecule has 2 aliphatic rings. The Bertz CT molecular complexity index is 1060. The lowest BCUT2D eigenvalue weighted by Gasteiger charge is -2.43. The highest BCUT2D eigenvalue weighted by atomic mass is 16.5. The molecule has 0 radical (unpaired) electrons. The van der Waals surface area contributed by atoms with Gasteiger partial charge in [0.2, 0.25) is 0 Å². The van der Waals surface area contributed by atoms with Gasteiger partial charge in [-0.2, -0.15) is 0 Å². The van der Waals surface area contributed by atoms with Crippen molar-refractivity contribution in [3.05, 3.63) is 76.9 Å². The van der Waals surface area contributed by atoms with Gasteiger partial charge in [0, 0.05) is 0 Å². The first-order chi connectivity index (χ1) is 15.6. The summed E-state index contributed by atoms with van der Waals surface area (Å²) in [5.41, 5.74) is 4.55. The molecule has 1 N–H and O–H groups in total. The molecular weight excluding hydrogens is 412 g/mol. The first-order valence-electron chi connectivity index (χ1n) is 11.9. The molecule has 2 aromatic carbocycles. The normalized spacial score (nSPS) is 23.2. The predicted molar refractivity (Wildman–Crippen MR) is 129 cm³/mol. The Balaban J connectivity index is 1.61. The van der Waals surface area contributed by atoms with E-state index < -0.39 is 5.97 Å². The van der Waals surface area contributed by atoms with E-state index in [1.807, 2.05) is 6.07 Å². The molecule has 0 bridgehead atoms. The van der Waals surface area contributed by atoms with Gasteiger partial charge in [-0.1, -0.05) is 69.2 Å². The molecule has 0 aliphatic heterocycles. The number of aromatic carboxylic acids is 1. The van der Waals surface area contributed by atoms with Crippen molar-refractivity contribution in [1.82, 2.24) is 0 Å². The SMILES string of the molecule is CC1(C)CCC(C)(C)C2=C1CC(C(=O)Oc1ccc(C(=O)O)cc1)C2CCc1ccccc1. The van der Waals surface area contributed by atoms with Crippen LogP contribution in [0.3, 0.4) is 0 Å². The second-order valence-electron chi connectivity index (χ2n) is 10.9. The van der Waals surface area contributed by atoms with Crippen LogP contribution in [0, 0.1) is 22.7 Å². The summed E-state index contributed by atoms with van der Waals surface area (Å²) in [5.74, 6) is -0.867. The number of hydrogen-bond donors (Lipinski definition) is 1. The lowest BCUT2D eigenvalue weighted by Crippen LogP contribution is -2.32. The molecule has 0 saturated heterocycles. The highest BCUT2D eigenvalue weighted by Crippen LogP contribution is 2.59. The number of carboxylic acid groups (broad SMARTS) is 1. The molecule has 2 atom stereocenters. The smallest absolute Gasteiger partial charge is 0.335 e. The van der Waals surface area contributed by atoms with E-state index in [9.17, 15) is 9.59 Å². The first-order valence-corrected chi connectivity index (χ1v) is 11.9. The van der Waals surface area contributed by atoms with E-state index in [0.717, 1.165) is 32.1 Å². The average molecular weight is 447 g/mol. The molecule has 0 saturated carbocycles. The van der Waals surface area contributed by atoms with Crippen LogP contribution in [-0.2, 0) is 11.2 Å². The average Bonchev–Trinajstić information content (AvgIpc) is 3.19. The molecule has 0 spiro atoms. The summed E-state index contributed by atoms with van der Waals surface area (Å²) >= 11 is 0. The van der Waals surface area contributed by atoms with Gasteiger partial charge >= 0.3 is 11.9 Å². The number of rotatable bonds is 6. The van der Waals surface area contributed by atoms with Crippen LogP contribution in [-0.4, -0.2) is 17.0 Å². The van der Waals surface area contributed by atoms with Crippen molar-refractivity contribution in [1.29, 1.82) is 0 Å². The molecule has 4 nitrogen and oxygen atoms in total. The molecule has 0 aromatic heterocycles. The number of hydrogen-bond acceptors (Lipinski definition) is 3. The number of carbonyl (C=O) groups excluding carboxylic acids is 1. The third-order valence-electron chi connectivity index (χ3n) is 7.74. The first kappa shape index (κ1) is 23.3. The third kappa shape index (κ3) is 4.75.